The minimum absolute atomic E-state index is 0.241. The SMILES string of the molecule is COc1ccc([C@H]2C(C(=O)Nc3ccccc3C)=C(C)Nc3nnnn32)cc1OC. The zero-order valence-electron chi connectivity index (χ0n) is 17.1. The van der Waals surface area contributed by atoms with Gasteiger partial charge in [0.25, 0.3) is 5.91 Å². The van der Waals surface area contributed by atoms with Gasteiger partial charge in [-0.05, 0) is 53.6 Å². The fraction of sp³-hybridized carbons (Fsp3) is 0.238. The largest absolute Gasteiger partial charge is 0.493 e. The van der Waals surface area contributed by atoms with Crippen molar-refractivity contribution >= 4 is 17.5 Å². The third-order valence-electron chi connectivity index (χ3n) is 5.08. The van der Waals surface area contributed by atoms with Crippen molar-refractivity contribution in [2.45, 2.75) is 19.9 Å². The van der Waals surface area contributed by atoms with Crippen LogP contribution in [0.4, 0.5) is 11.6 Å². The topological polar surface area (TPSA) is 103 Å². The van der Waals surface area contributed by atoms with Gasteiger partial charge in [0.05, 0.1) is 19.8 Å². The van der Waals surface area contributed by atoms with Gasteiger partial charge in [-0.1, -0.05) is 29.4 Å². The highest BCUT2D eigenvalue weighted by atomic mass is 16.5. The summed E-state index contributed by atoms with van der Waals surface area (Å²) in [6, 6.07) is 12.6. The van der Waals surface area contributed by atoms with Crippen LogP contribution in [0.2, 0.25) is 0 Å². The van der Waals surface area contributed by atoms with Gasteiger partial charge >= 0.3 is 0 Å². The molecule has 30 heavy (non-hydrogen) atoms. The molecule has 154 valence electrons. The summed E-state index contributed by atoms with van der Waals surface area (Å²) in [5.41, 5.74) is 3.68. The Morgan fingerprint density at radius 3 is 2.60 bits per heavy atom. The highest BCUT2D eigenvalue weighted by Gasteiger charge is 2.34. The van der Waals surface area contributed by atoms with E-state index in [9.17, 15) is 4.79 Å². The van der Waals surface area contributed by atoms with Gasteiger partial charge in [0, 0.05) is 11.4 Å². The van der Waals surface area contributed by atoms with E-state index in [0.717, 1.165) is 16.8 Å². The van der Waals surface area contributed by atoms with E-state index in [4.69, 9.17) is 9.47 Å². The molecule has 0 radical (unpaired) electrons. The number of methoxy groups -OCH3 is 2. The highest BCUT2D eigenvalue weighted by molar-refractivity contribution is 6.06. The molecule has 1 aliphatic rings. The Hall–Kier alpha value is -3.88. The van der Waals surface area contributed by atoms with Crippen molar-refractivity contribution in [3.05, 3.63) is 64.9 Å². The predicted molar refractivity (Wildman–Crippen MR) is 112 cm³/mol. The molecule has 0 saturated carbocycles. The number of para-hydroxylation sites is 1. The first kappa shape index (κ1) is 19.4. The van der Waals surface area contributed by atoms with Crippen molar-refractivity contribution in [3.8, 4) is 11.5 Å². The summed E-state index contributed by atoms with van der Waals surface area (Å²) in [5.74, 6) is 1.37. The van der Waals surface area contributed by atoms with Crippen LogP contribution < -0.4 is 20.1 Å². The molecule has 1 aromatic heterocycles. The van der Waals surface area contributed by atoms with Gasteiger partial charge in [-0.25, -0.2) is 0 Å². The Labute approximate surface area is 173 Å². The van der Waals surface area contributed by atoms with Gasteiger partial charge in [-0.2, -0.15) is 4.68 Å². The van der Waals surface area contributed by atoms with Crippen LogP contribution in [-0.4, -0.2) is 40.3 Å². The second-order valence-corrected chi connectivity index (χ2v) is 6.90. The van der Waals surface area contributed by atoms with Gasteiger partial charge in [-0.15, -0.1) is 0 Å². The maximum atomic E-state index is 13.4. The van der Waals surface area contributed by atoms with Crippen LogP contribution in [0.5, 0.6) is 11.5 Å². The van der Waals surface area contributed by atoms with Crippen LogP contribution in [0.3, 0.4) is 0 Å². The lowest BCUT2D eigenvalue weighted by Gasteiger charge is -2.28. The Balaban J connectivity index is 1.80. The number of ether oxygens (including phenoxy) is 2. The molecule has 2 aromatic carbocycles. The van der Waals surface area contributed by atoms with Crippen LogP contribution in [0, 0.1) is 6.92 Å². The predicted octanol–water partition coefficient (Wildman–Crippen LogP) is 2.93. The van der Waals surface area contributed by atoms with E-state index in [1.54, 1.807) is 25.0 Å². The van der Waals surface area contributed by atoms with E-state index >= 15 is 0 Å². The minimum atomic E-state index is -0.542. The molecular weight excluding hydrogens is 384 g/mol. The molecule has 4 rings (SSSR count). The van der Waals surface area contributed by atoms with Crippen molar-refractivity contribution in [2.24, 2.45) is 0 Å². The highest BCUT2D eigenvalue weighted by Crippen LogP contribution is 2.38. The first-order valence-corrected chi connectivity index (χ1v) is 9.38. The molecule has 3 aromatic rings. The molecular formula is C21H22N6O3. The van der Waals surface area contributed by atoms with Gasteiger partial charge in [0.2, 0.25) is 5.95 Å². The van der Waals surface area contributed by atoms with E-state index in [1.807, 2.05) is 50.2 Å². The smallest absolute Gasteiger partial charge is 0.255 e. The number of aryl methyl sites for hydroxylation is 1. The molecule has 2 heterocycles. The summed E-state index contributed by atoms with van der Waals surface area (Å²) < 4.78 is 12.4. The summed E-state index contributed by atoms with van der Waals surface area (Å²) in [6.07, 6.45) is 0. The molecule has 1 aliphatic heterocycles. The molecule has 9 nitrogen and oxygen atoms in total. The maximum Gasteiger partial charge on any atom is 0.255 e. The second kappa shape index (κ2) is 7.86. The van der Waals surface area contributed by atoms with Crippen molar-refractivity contribution < 1.29 is 14.3 Å². The number of carbonyl (C=O) groups excluding carboxylic acids is 1. The summed E-state index contributed by atoms with van der Waals surface area (Å²) in [4.78, 5) is 13.4. The standard InChI is InChI=1S/C21H22N6O3/c1-12-7-5-6-8-15(12)23-20(28)18-13(2)22-21-24-25-26-27(21)19(18)14-9-10-16(29-3)17(11-14)30-4/h5-11,19H,1-4H3,(H,23,28)(H,22,24,26)/t19-/m0/s1. The number of fused-ring (bicyclic) bond motifs is 1. The quantitative estimate of drug-likeness (QED) is 0.671. The van der Waals surface area contributed by atoms with Crippen molar-refractivity contribution in [3.63, 3.8) is 0 Å². The number of aromatic nitrogens is 4. The summed E-state index contributed by atoms with van der Waals surface area (Å²) in [7, 11) is 3.14. The lowest BCUT2D eigenvalue weighted by atomic mass is 9.94. The van der Waals surface area contributed by atoms with Crippen molar-refractivity contribution in [1.29, 1.82) is 0 Å². The molecule has 0 aliphatic carbocycles. The number of tetrazole rings is 1. The molecule has 1 atom stereocenters. The van der Waals surface area contributed by atoms with Crippen LogP contribution >= 0.6 is 0 Å². The maximum absolute atomic E-state index is 13.4. The fourth-order valence-electron chi connectivity index (χ4n) is 3.54. The first-order chi connectivity index (χ1) is 14.5. The van der Waals surface area contributed by atoms with E-state index in [1.165, 1.54) is 0 Å². The average Bonchev–Trinajstić information content (AvgIpc) is 3.21. The first-order valence-electron chi connectivity index (χ1n) is 9.38. The van der Waals surface area contributed by atoms with E-state index in [0.29, 0.717) is 28.7 Å². The number of hydrogen-bond acceptors (Lipinski definition) is 7. The molecule has 0 bridgehead atoms. The van der Waals surface area contributed by atoms with Crippen LogP contribution in [0.1, 0.15) is 24.1 Å². The Bertz CT molecular complexity index is 1140. The molecule has 9 heteroatoms. The number of rotatable bonds is 5. The second-order valence-electron chi connectivity index (χ2n) is 6.90. The number of anilines is 2. The lowest BCUT2D eigenvalue weighted by molar-refractivity contribution is -0.113. The average molecular weight is 406 g/mol. The number of nitrogens with one attached hydrogen (secondary N) is 2. The number of nitrogens with zero attached hydrogens (tertiary/aromatic N) is 4. The monoisotopic (exact) mass is 406 g/mol. The van der Waals surface area contributed by atoms with Gasteiger partial charge in [-0.3, -0.25) is 4.79 Å². The molecule has 0 unspecified atom stereocenters. The van der Waals surface area contributed by atoms with Gasteiger partial charge < -0.3 is 20.1 Å². The number of hydrogen-bond donors (Lipinski definition) is 2. The van der Waals surface area contributed by atoms with E-state index in [-0.39, 0.29) is 5.91 Å². The third kappa shape index (κ3) is 3.34. The van der Waals surface area contributed by atoms with E-state index in [2.05, 4.69) is 26.2 Å². The third-order valence-corrected chi connectivity index (χ3v) is 5.08. The van der Waals surface area contributed by atoms with Gasteiger partial charge in [0.15, 0.2) is 11.5 Å². The zero-order chi connectivity index (χ0) is 21.3. The van der Waals surface area contributed by atoms with Crippen LogP contribution in [0.15, 0.2) is 53.7 Å². The number of carbonyl (C=O) groups is 1. The van der Waals surface area contributed by atoms with E-state index < -0.39 is 6.04 Å². The Morgan fingerprint density at radius 2 is 1.87 bits per heavy atom. The number of amides is 1. The molecule has 0 spiro atoms. The van der Waals surface area contributed by atoms with Crippen LogP contribution in [-0.2, 0) is 4.79 Å². The fourth-order valence-corrected chi connectivity index (χ4v) is 3.54. The van der Waals surface area contributed by atoms with Crippen LogP contribution in [0.25, 0.3) is 0 Å². The molecule has 2 N–H and O–H groups in total. The lowest BCUT2D eigenvalue weighted by Crippen LogP contribution is -2.31. The summed E-state index contributed by atoms with van der Waals surface area (Å²) >= 11 is 0. The minimum Gasteiger partial charge on any atom is -0.493 e. The molecule has 0 fully saturated rings. The number of benzene rings is 2. The summed E-state index contributed by atoms with van der Waals surface area (Å²) in [6.45, 7) is 3.78. The molecule has 0 saturated heterocycles. The number of allylic oxidation sites excluding steroid dienone is 1. The van der Waals surface area contributed by atoms with Gasteiger partial charge in [0.1, 0.15) is 6.04 Å². The molecule has 1 amide bonds. The normalized spacial score (nSPS) is 15.3. The zero-order valence-corrected chi connectivity index (χ0v) is 17.1. The Morgan fingerprint density at radius 1 is 1.10 bits per heavy atom. The summed E-state index contributed by atoms with van der Waals surface area (Å²) in [5, 5.41) is 18.0. The van der Waals surface area contributed by atoms with Crippen molar-refractivity contribution in [2.75, 3.05) is 24.9 Å². The van der Waals surface area contributed by atoms with Crippen molar-refractivity contribution in [1.82, 2.24) is 20.2 Å². The Kier molecular flexibility index (Phi) is 5.09.